The standard InChI is InChI=1S/C30H48O2/c1-18-9-12-27(5)15-16-29(7)20(24(27)19(18)2)17-21(31)25-28(6)13-11-23(32)26(3,4)22(28)10-14-30(25,29)8/h17-19,22-25,32H,9-16H2,1-8H3/t18-,19+,22+,23+,24-,25-,27-,28+,29-,30+/m1/s1. The third kappa shape index (κ3) is 2.60. The van der Waals surface area contributed by atoms with E-state index in [0.29, 0.717) is 29.0 Å². The number of carbonyl (C=O) groups excluding carboxylic acids is 1. The largest absolute Gasteiger partial charge is 0.393 e. The van der Waals surface area contributed by atoms with E-state index in [0.717, 1.165) is 31.6 Å². The molecule has 5 rings (SSSR count). The SMILES string of the molecule is C[C@H]1[C@H](C)CC[C@]2(C)CC[C@]3(C)C(=CC(=O)[C@@H]4[C@@]5(C)CC[C@H](O)C(C)(C)[C@@H]5CC[C@@]43C)[C@@H]12. The van der Waals surface area contributed by atoms with Crippen molar-refractivity contribution in [3.63, 3.8) is 0 Å². The first-order valence-electron chi connectivity index (χ1n) is 13.7. The van der Waals surface area contributed by atoms with Gasteiger partial charge >= 0.3 is 0 Å². The normalized spacial score (nSPS) is 56.9. The van der Waals surface area contributed by atoms with Gasteiger partial charge in [0.1, 0.15) is 0 Å². The molecule has 0 saturated heterocycles. The Morgan fingerprint density at radius 2 is 1.56 bits per heavy atom. The van der Waals surface area contributed by atoms with Gasteiger partial charge in [-0.15, -0.1) is 0 Å². The molecule has 0 aromatic rings. The molecule has 32 heavy (non-hydrogen) atoms. The number of aliphatic hydroxyl groups excluding tert-OH is 1. The molecule has 0 aromatic heterocycles. The fraction of sp³-hybridized carbons (Fsp3) is 0.900. The van der Waals surface area contributed by atoms with Gasteiger partial charge in [-0.1, -0.05) is 61.0 Å². The summed E-state index contributed by atoms with van der Waals surface area (Å²) in [5.41, 5.74) is 1.92. The van der Waals surface area contributed by atoms with Crippen LogP contribution >= 0.6 is 0 Å². The summed E-state index contributed by atoms with van der Waals surface area (Å²) in [4.78, 5) is 14.2. The highest BCUT2D eigenvalue weighted by Gasteiger charge is 2.70. The Morgan fingerprint density at radius 1 is 0.875 bits per heavy atom. The number of aliphatic hydroxyl groups is 1. The second-order valence-corrected chi connectivity index (χ2v) is 14.7. The summed E-state index contributed by atoms with van der Waals surface area (Å²) in [6.07, 6.45) is 11.3. The highest BCUT2D eigenvalue weighted by Crippen LogP contribution is 2.75. The van der Waals surface area contributed by atoms with Crippen LogP contribution in [-0.4, -0.2) is 17.0 Å². The van der Waals surface area contributed by atoms with E-state index in [-0.39, 0.29) is 33.7 Å². The summed E-state index contributed by atoms with van der Waals surface area (Å²) in [5.74, 6) is 2.89. The molecular weight excluding hydrogens is 392 g/mol. The van der Waals surface area contributed by atoms with Crippen molar-refractivity contribution < 1.29 is 9.90 Å². The molecule has 4 fully saturated rings. The van der Waals surface area contributed by atoms with Crippen LogP contribution < -0.4 is 0 Å². The van der Waals surface area contributed by atoms with E-state index in [9.17, 15) is 9.90 Å². The Morgan fingerprint density at radius 3 is 2.25 bits per heavy atom. The second-order valence-electron chi connectivity index (χ2n) is 14.7. The van der Waals surface area contributed by atoms with Crippen LogP contribution in [0, 0.1) is 56.7 Å². The summed E-state index contributed by atoms with van der Waals surface area (Å²) in [5, 5.41) is 10.9. The lowest BCUT2D eigenvalue weighted by Crippen LogP contribution is -2.66. The Labute approximate surface area is 197 Å². The predicted octanol–water partition coefficient (Wildman–Crippen LogP) is 7.20. The number of ketones is 1. The van der Waals surface area contributed by atoms with Gasteiger partial charge < -0.3 is 5.11 Å². The van der Waals surface area contributed by atoms with E-state index < -0.39 is 0 Å². The van der Waals surface area contributed by atoms with Crippen LogP contribution in [-0.2, 0) is 4.79 Å². The Kier molecular flexibility index (Phi) is 4.87. The molecule has 180 valence electrons. The number of hydrogen-bond acceptors (Lipinski definition) is 2. The quantitative estimate of drug-likeness (QED) is 0.432. The van der Waals surface area contributed by atoms with Crippen molar-refractivity contribution in [3.8, 4) is 0 Å². The van der Waals surface area contributed by atoms with Gasteiger partial charge in [0.15, 0.2) is 5.78 Å². The maximum Gasteiger partial charge on any atom is 0.159 e. The number of fused-ring (bicyclic) bond motifs is 7. The lowest BCUT2D eigenvalue weighted by atomic mass is 9.33. The molecule has 0 heterocycles. The van der Waals surface area contributed by atoms with Crippen molar-refractivity contribution >= 4 is 5.78 Å². The smallest absolute Gasteiger partial charge is 0.159 e. The molecule has 5 aliphatic rings. The Hall–Kier alpha value is -0.630. The van der Waals surface area contributed by atoms with Gasteiger partial charge in [-0.05, 0) is 108 Å². The fourth-order valence-electron chi connectivity index (χ4n) is 10.7. The van der Waals surface area contributed by atoms with E-state index in [4.69, 9.17) is 0 Å². The molecular formula is C30H48O2. The van der Waals surface area contributed by atoms with Crippen LogP contribution in [0.2, 0.25) is 0 Å². The monoisotopic (exact) mass is 440 g/mol. The van der Waals surface area contributed by atoms with Gasteiger partial charge in [-0.2, -0.15) is 0 Å². The summed E-state index contributed by atoms with van der Waals surface area (Å²) in [7, 11) is 0. The van der Waals surface area contributed by atoms with Crippen molar-refractivity contribution in [2.75, 3.05) is 0 Å². The zero-order chi connectivity index (χ0) is 23.5. The highest BCUT2D eigenvalue weighted by atomic mass is 16.3. The third-order valence-electron chi connectivity index (χ3n) is 13.1. The van der Waals surface area contributed by atoms with Gasteiger partial charge in [0.2, 0.25) is 0 Å². The molecule has 4 saturated carbocycles. The average molecular weight is 441 g/mol. The highest BCUT2D eigenvalue weighted by molar-refractivity contribution is 5.95. The summed E-state index contributed by atoms with van der Waals surface area (Å²) in [6, 6.07) is 0. The molecule has 10 atom stereocenters. The molecule has 0 radical (unpaired) electrons. The zero-order valence-electron chi connectivity index (χ0n) is 22.1. The van der Waals surface area contributed by atoms with Crippen molar-refractivity contribution in [2.45, 2.75) is 113 Å². The van der Waals surface area contributed by atoms with E-state index in [2.05, 4.69) is 61.5 Å². The fourth-order valence-corrected chi connectivity index (χ4v) is 10.7. The van der Waals surface area contributed by atoms with Crippen LogP contribution in [0.4, 0.5) is 0 Å². The molecule has 0 amide bonds. The van der Waals surface area contributed by atoms with Crippen LogP contribution in [0.25, 0.3) is 0 Å². The lowest BCUT2D eigenvalue weighted by Gasteiger charge is -2.70. The first-order chi connectivity index (χ1) is 14.7. The van der Waals surface area contributed by atoms with Gasteiger partial charge in [-0.3, -0.25) is 4.79 Å². The van der Waals surface area contributed by atoms with Crippen molar-refractivity contribution in [3.05, 3.63) is 11.6 Å². The van der Waals surface area contributed by atoms with Gasteiger partial charge in [0, 0.05) is 5.92 Å². The topological polar surface area (TPSA) is 37.3 Å². The first-order valence-corrected chi connectivity index (χ1v) is 13.7. The molecule has 0 aromatic carbocycles. The van der Waals surface area contributed by atoms with Crippen LogP contribution in [0.1, 0.15) is 107 Å². The molecule has 0 bridgehead atoms. The Bertz CT molecular complexity index is 855. The molecule has 5 aliphatic carbocycles. The minimum absolute atomic E-state index is 0.00984. The summed E-state index contributed by atoms with van der Waals surface area (Å²) >= 11 is 0. The lowest BCUT2D eigenvalue weighted by molar-refractivity contribution is -0.202. The van der Waals surface area contributed by atoms with Crippen molar-refractivity contribution in [2.24, 2.45) is 56.7 Å². The van der Waals surface area contributed by atoms with E-state index in [1.54, 1.807) is 0 Å². The number of hydrogen-bond donors (Lipinski definition) is 1. The minimum atomic E-state index is -0.245. The molecule has 0 spiro atoms. The maximum atomic E-state index is 14.2. The van der Waals surface area contributed by atoms with Crippen molar-refractivity contribution in [1.82, 2.24) is 0 Å². The number of carbonyl (C=O) groups is 1. The molecule has 2 nitrogen and oxygen atoms in total. The van der Waals surface area contributed by atoms with E-state index in [1.807, 2.05) is 0 Å². The zero-order valence-corrected chi connectivity index (χ0v) is 22.1. The predicted molar refractivity (Wildman–Crippen MR) is 131 cm³/mol. The first kappa shape index (κ1) is 23.1. The summed E-state index contributed by atoms with van der Waals surface area (Å²) < 4.78 is 0. The number of allylic oxidation sites excluding steroid dienone is 2. The maximum absolute atomic E-state index is 14.2. The van der Waals surface area contributed by atoms with E-state index in [1.165, 1.54) is 31.3 Å². The number of rotatable bonds is 0. The van der Waals surface area contributed by atoms with Crippen LogP contribution in [0.3, 0.4) is 0 Å². The van der Waals surface area contributed by atoms with E-state index >= 15 is 0 Å². The molecule has 0 aliphatic heterocycles. The van der Waals surface area contributed by atoms with Crippen LogP contribution in [0.15, 0.2) is 11.6 Å². The Balaban J connectivity index is 1.64. The van der Waals surface area contributed by atoms with Gasteiger partial charge in [0.05, 0.1) is 6.10 Å². The summed E-state index contributed by atoms with van der Waals surface area (Å²) in [6.45, 7) is 19.4. The van der Waals surface area contributed by atoms with Crippen LogP contribution in [0.5, 0.6) is 0 Å². The minimum Gasteiger partial charge on any atom is -0.393 e. The van der Waals surface area contributed by atoms with Gasteiger partial charge in [0.25, 0.3) is 0 Å². The van der Waals surface area contributed by atoms with Crippen molar-refractivity contribution in [1.29, 1.82) is 0 Å². The second kappa shape index (κ2) is 6.73. The molecule has 1 N–H and O–H groups in total. The average Bonchev–Trinajstić information content (AvgIpc) is 2.70. The molecule has 2 heteroatoms. The van der Waals surface area contributed by atoms with Gasteiger partial charge in [-0.25, -0.2) is 0 Å². The third-order valence-corrected chi connectivity index (χ3v) is 13.1. The molecule has 0 unspecified atom stereocenters.